The molecule has 0 aliphatic carbocycles. The number of hydrazone groups is 1. The molecule has 0 unspecified atom stereocenters. The molecule has 0 bridgehead atoms. The van der Waals surface area contributed by atoms with Crippen LogP contribution in [0.3, 0.4) is 0 Å². The van der Waals surface area contributed by atoms with Crippen molar-refractivity contribution in [2.24, 2.45) is 5.10 Å². The van der Waals surface area contributed by atoms with Crippen LogP contribution in [0.15, 0.2) is 39.9 Å². The minimum absolute atomic E-state index is 0.107. The van der Waals surface area contributed by atoms with E-state index in [1.165, 1.54) is 24.4 Å². The highest BCUT2D eigenvalue weighted by molar-refractivity contribution is 6.02. The van der Waals surface area contributed by atoms with Crippen LogP contribution in [-0.4, -0.2) is 29.7 Å². The molecule has 1 fully saturated rings. The van der Waals surface area contributed by atoms with Gasteiger partial charge in [0.25, 0.3) is 0 Å². The second-order valence-corrected chi connectivity index (χ2v) is 4.48. The maximum Gasteiger partial charge on any atom is 0.344 e. The van der Waals surface area contributed by atoms with Crippen molar-refractivity contribution >= 4 is 18.2 Å². The first-order valence-electron chi connectivity index (χ1n) is 6.23. The van der Waals surface area contributed by atoms with Gasteiger partial charge < -0.3 is 4.42 Å². The Morgan fingerprint density at radius 2 is 2.05 bits per heavy atom. The Morgan fingerprint density at radius 1 is 1.23 bits per heavy atom. The molecular formula is C14H9F2N3O3. The van der Waals surface area contributed by atoms with Crippen LogP contribution in [0.25, 0.3) is 11.3 Å². The zero-order chi connectivity index (χ0) is 15.7. The van der Waals surface area contributed by atoms with Crippen LogP contribution in [0, 0.1) is 11.6 Å². The molecule has 2 heterocycles. The fraction of sp³-hybridized carbons (Fsp3) is 0.0714. The van der Waals surface area contributed by atoms with Gasteiger partial charge in [-0.1, -0.05) is 0 Å². The van der Waals surface area contributed by atoms with E-state index < -0.39 is 23.6 Å². The molecule has 3 rings (SSSR count). The minimum Gasteiger partial charge on any atom is -0.455 e. The molecule has 1 aliphatic heterocycles. The molecule has 0 spiro atoms. The van der Waals surface area contributed by atoms with Crippen LogP contribution >= 0.6 is 0 Å². The lowest BCUT2D eigenvalue weighted by atomic mass is 10.1. The van der Waals surface area contributed by atoms with Crippen molar-refractivity contribution in [2.75, 3.05) is 6.54 Å². The fourth-order valence-corrected chi connectivity index (χ4v) is 1.91. The van der Waals surface area contributed by atoms with Gasteiger partial charge in [0.2, 0.25) is 5.91 Å². The van der Waals surface area contributed by atoms with Crippen LogP contribution in [0.4, 0.5) is 13.6 Å². The van der Waals surface area contributed by atoms with Crippen LogP contribution in [0.2, 0.25) is 0 Å². The molecular weight excluding hydrogens is 296 g/mol. The summed E-state index contributed by atoms with van der Waals surface area (Å²) in [6.45, 7) is -0.171. The number of benzene rings is 1. The summed E-state index contributed by atoms with van der Waals surface area (Å²) in [4.78, 5) is 22.3. The lowest BCUT2D eigenvalue weighted by Crippen LogP contribution is -2.24. The Morgan fingerprint density at radius 3 is 2.73 bits per heavy atom. The van der Waals surface area contributed by atoms with Crippen molar-refractivity contribution in [2.45, 2.75) is 0 Å². The molecule has 0 saturated carbocycles. The van der Waals surface area contributed by atoms with Gasteiger partial charge in [0.1, 0.15) is 29.7 Å². The summed E-state index contributed by atoms with van der Waals surface area (Å²) < 4.78 is 31.9. The van der Waals surface area contributed by atoms with Crippen LogP contribution in [0.1, 0.15) is 5.76 Å². The number of urea groups is 1. The van der Waals surface area contributed by atoms with Gasteiger partial charge in [-0.15, -0.1) is 0 Å². The Kier molecular flexibility index (Phi) is 3.42. The standard InChI is InChI=1S/C14H9F2N3O3/c15-8-1-3-10(11(16)5-8)12-4-2-9(22-12)6-17-19-7-13(20)18-14(19)21/h1-6H,7H2,(H,18,20,21)/b17-6-. The van der Waals surface area contributed by atoms with E-state index in [4.69, 9.17) is 4.42 Å². The number of imide groups is 1. The largest absolute Gasteiger partial charge is 0.455 e. The highest BCUT2D eigenvalue weighted by Gasteiger charge is 2.26. The third-order valence-electron chi connectivity index (χ3n) is 2.92. The average Bonchev–Trinajstić information content (AvgIpc) is 3.03. The number of amides is 3. The molecule has 1 aliphatic rings. The van der Waals surface area contributed by atoms with Crippen molar-refractivity contribution in [3.05, 3.63) is 47.7 Å². The van der Waals surface area contributed by atoms with Crippen molar-refractivity contribution in [1.29, 1.82) is 0 Å². The van der Waals surface area contributed by atoms with Gasteiger partial charge >= 0.3 is 6.03 Å². The third kappa shape index (κ3) is 2.71. The maximum atomic E-state index is 13.6. The number of carbonyl (C=O) groups excluding carboxylic acids is 2. The van der Waals surface area contributed by atoms with Gasteiger partial charge in [0.05, 0.1) is 11.8 Å². The Bertz CT molecular complexity index is 785. The van der Waals surface area contributed by atoms with Gasteiger partial charge in [-0.2, -0.15) is 5.10 Å². The number of hydrogen-bond acceptors (Lipinski definition) is 4. The van der Waals surface area contributed by atoms with Crippen molar-refractivity contribution in [1.82, 2.24) is 10.3 Å². The van der Waals surface area contributed by atoms with E-state index in [1.54, 1.807) is 0 Å². The molecule has 1 aromatic carbocycles. The first-order chi connectivity index (χ1) is 10.5. The van der Waals surface area contributed by atoms with Gasteiger partial charge in [-0.3, -0.25) is 10.1 Å². The number of hydrogen-bond donors (Lipinski definition) is 1. The Labute approximate surface area is 123 Å². The number of furan rings is 1. The number of rotatable bonds is 3. The fourth-order valence-electron chi connectivity index (χ4n) is 1.91. The molecule has 0 atom stereocenters. The lowest BCUT2D eigenvalue weighted by molar-refractivity contribution is -0.118. The topological polar surface area (TPSA) is 74.9 Å². The van der Waals surface area contributed by atoms with Gasteiger partial charge in [0, 0.05) is 6.07 Å². The normalized spacial score (nSPS) is 14.9. The summed E-state index contributed by atoms with van der Waals surface area (Å²) in [5.74, 6) is -1.43. The summed E-state index contributed by atoms with van der Waals surface area (Å²) in [5, 5.41) is 6.80. The van der Waals surface area contributed by atoms with Crippen LogP contribution in [-0.2, 0) is 4.79 Å². The molecule has 22 heavy (non-hydrogen) atoms. The number of nitrogens with zero attached hydrogens (tertiary/aromatic N) is 2. The van der Waals surface area contributed by atoms with Gasteiger partial charge in [-0.05, 0) is 24.3 Å². The number of carbonyl (C=O) groups is 2. The third-order valence-corrected chi connectivity index (χ3v) is 2.92. The van der Waals surface area contributed by atoms with Crippen molar-refractivity contribution < 1.29 is 22.8 Å². The first kappa shape index (κ1) is 13.9. The van der Waals surface area contributed by atoms with E-state index in [-0.39, 0.29) is 23.6 Å². The summed E-state index contributed by atoms with van der Waals surface area (Å²) in [7, 11) is 0. The number of halogens is 2. The van der Waals surface area contributed by atoms with E-state index in [0.717, 1.165) is 17.1 Å². The number of nitrogens with one attached hydrogen (secondary N) is 1. The first-order valence-corrected chi connectivity index (χ1v) is 6.23. The monoisotopic (exact) mass is 305 g/mol. The SMILES string of the molecule is O=C1CN(/N=C\c2ccc(-c3ccc(F)cc3F)o2)C(=O)N1. The van der Waals surface area contributed by atoms with E-state index in [0.29, 0.717) is 0 Å². The highest BCUT2D eigenvalue weighted by atomic mass is 19.1. The Hall–Kier alpha value is -3.03. The minimum atomic E-state index is -0.748. The summed E-state index contributed by atoms with van der Waals surface area (Å²) in [6.07, 6.45) is 1.23. The van der Waals surface area contributed by atoms with Crippen molar-refractivity contribution in [3.8, 4) is 11.3 Å². The molecule has 8 heteroatoms. The quantitative estimate of drug-likeness (QED) is 0.697. The van der Waals surface area contributed by atoms with E-state index in [2.05, 4.69) is 10.4 Å². The predicted octanol–water partition coefficient (Wildman–Crippen LogP) is 2.11. The predicted molar refractivity (Wildman–Crippen MR) is 71.9 cm³/mol. The Balaban J connectivity index is 1.79. The molecule has 3 amide bonds. The lowest BCUT2D eigenvalue weighted by Gasteiger charge is -2.03. The summed E-state index contributed by atoms with van der Waals surface area (Å²) in [5.41, 5.74) is 0.107. The molecule has 1 saturated heterocycles. The highest BCUT2D eigenvalue weighted by Crippen LogP contribution is 2.25. The molecule has 1 N–H and O–H groups in total. The summed E-state index contributed by atoms with van der Waals surface area (Å²) >= 11 is 0. The van der Waals surface area contributed by atoms with E-state index in [1.807, 2.05) is 0 Å². The zero-order valence-corrected chi connectivity index (χ0v) is 11.0. The maximum absolute atomic E-state index is 13.6. The van der Waals surface area contributed by atoms with E-state index >= 15 is 0 Å². The van der Waals surface area contributed by atoms with Gasteiger partial charge in [-0.25, -0.2) is 18.6 Å². The average molecular weight is 305 g/mol. The van der Waals surface area contributed by atoms with Crippen LogP contribution < -0.4 is 5.32 Å². The molecule has 2 aromatic rings. The van der Waals surface area contributed by atoms with Crippen molar-refractivity contribution in [3.63, 3.8) is 0 Å². The van der Waals surface area contributed by atoms with E-state index in [9.17, 15) is 18.4 Å². The summed E-state index contributed by atoms with van der Waals surface area (Å²) in [6, 6.07) is 5.51. The van der Waals surface area contributed by atoms with Crippen LogP contribution in [0.5, 0.6) is 0 Å². The van der Waals surface area contributed by atoms with Gasteiger partial charge in [0.15, 0.2) is 0 Å². The zero-order valence-electron chi connectivity index (χ0n) is 11.0. The second kappa shape index (κ2) is 5.40. The molecule has 0 radical (unpaired) electrons. The second-order valence-electron chi connectivity index (χ2n) is 4.48. The molecule has 112 valence electrons. The molecule has 6 nitrogen and oxygen atoms in total. The smallest absolute Gasteiger partial charge is 0.344 e. The molecule has 1 aromatic heterocycles.